The van der Waals surface area contributed by atoms with Gasteiger partial charge in [-0.3, -0.25) is 9.97 Å². The molecule has 3 rings (SSSR count). The zero-order valence-electron chi connectivity index (χ0n) is 30.1. The predicted molar refractivity (Wildman–Crippen MR) is 193 cm³/mol. The minimum Gasteiger partial charge on any atom is -0.400 e. The highest BCUT2D eigenvalue weighted by atomic mass is 16.1. The van der Waals surface area contributed by atoms with Gasteiger partial charge in [0.05, 0.1) is 12.7 Å². The minimum absolute atomic E-state index is 0.253. The first-order valence-electron chi connectivity index (χ1n) is 16.6. The van der Waals surface area contributed by atoms with Crippen molar-refractivity contribution in [3.05, 3.63) is 77.4 Å². The van der Waals surface area contributed by atoms with Crippen molar-refractivity contribution in [2.75, 3.05) is 51.6 Å². The molecule has 0 spiro atoms. The summed E-state index contributed by atoms with van der Waals surface area (Å²) in [5.41, 5.74) is 12.9. The molecule has 9 nitrogen and oxygen atoms in total. The SMILES string of the molecule is C/C=C\C/C(N)=C(\CC)N1CCN(C)CC1.CC.CC(C)=CC1=C(C)N(C(C)C)CCC1.O=CCNc1cnccncc[nH]1. The fraction of sp³-hybridized carbons (Fsp3) is 0.583. The van der Waals surface area contributed by atoms with Crippen LogP contribution in [0.3, 0.4) is 0 Å². The number of aldehydes is 1. The lowest BCUT2D eigenvalue weighted by atomic mass is 9.99. The number of nitrogens with zero attached hydrogens (tertiary/aromatic N) is 5. The number of hydrogen-bond donors (Lipinski definition) is 3. The molecular weight excluding hydrogens is 560 g/mol. The summed E-state index contributed by atoms with van der Waals surface area (Å²) in [5.74, 6) is 0.658. The number of anilines is 1. The van der Waals surface area contributed by atoms with E-state index >= 15 is 0 Å². The Morgan fingerprint density at radius 1 is 1.09 bits per heavy atom. The van der Waals surface area contributed by atoms with Crippen molar-refractivity contribution in [2.45, 2.75) is 94.0 Å². The molecule has 9 heteroatoms. The third-order valence-electron chi connectivity index (χ3n) is 7.21. The number of nitrogens with one attached hydrogen (secondary N) is 2. The molecule has 0 aliphatic carbocycles. The summed E-state index contributed by atoms with van der Waals surface area (Å²) in [7, 11) is 2.18. The molecule has 4 N–H and O–H groups in total. The van der Waals surface area contributed by atoms with Gasteiger partial charge in [-0.25, -0.2) is 0 Å². The van der Waals surface area contributed by atoms with E-state index in [0.717, 1.165) is 51.0 Å². The van der Waals surface area contributed by atoms with E-state index in [9.17, 15) is 4.79 Å². The number of carbonyl (C=O) groups is 1. The molecule has 0 saturated carbocycles. The Labute approximate surface area is 275 Å². The molecule has 1 saturated heterocycles. The van der Waals surface area contributed by atoms with Gasteiger partial charge in [0.15, 0.2) is 0 Å². The summed E-state index contributed by atoms with van der Waals surface area (Å²) >= 11 is 0. The molecule has 0 unspecified atom stereocenters. The van der Waals surface area contributed by atoms with Crippen LogP contribution >= 0.6 is 0 Å². The monoisotopic (exact) mass is 625 g/mol. The maximum atomic E-state index is 10.1. The molecule has 254 valence electrons. The van der Waals surface area contributed by atoms with Crippen LogP contribution in [0.1, 0.15) is 88.0 Å². The van der Waals surface area contributed by atoms with Crippen LogP contribution in [0.15, 0.2) is 77.4 Å². The molecule has 0 aromatic carbocycles. The van der Waals surface area contributed by atoms with E-state index in [0.29, 0.717) is 11.9 Å². The fourth-order valence-electron chi connectivity index (χ4n) is 4.94. The standard InChI is InChI=1S/C13H25N3.C13H23N.C8H10N4O.C2H6/c1-4-6-7-12(14)13(5-2)16-10-8-15(3)9-11-16;1-10(2)9-13-7-6-8-14(11(3)4)12(13)5;13-6-5-12-8-7-10-2-1-9-3-4-11-8;1-2/h4,6H,5,7-11,14H2,1-3H3;9,11H,6-8H2,1-5H3;1-4,6-7,11-12H,5H2;1-2H3/b6-4-,13-12-;;;. The zero-order chi connectivity index (χ0) is 34.0. The van der Waals surface area contributed by atoms with Crippen molar-refractivity contribution < 1.29 is 4.79 Å². The van der Waals surface area contributed by atoms with Crippen LogP contribution in [0.2, 0.25) is 0 Å². The number of piperazine rings is 1. The molecule has 2 aliphatic rings. The van der Waals surface area contributed by atoms with Gasteiger partial charge < -0.3 is 35.5 Å². The lowest BCUT2D eigenvalue weighted by Gasteiger charge is -2.36. The lowest BCUT2D eigenvalue weighted by molar-refractivity contribution is -0.106. The van der Waals surface area contributed by atoms with Gasteiger partial charge in [0, 0.05) is 87.1 Å². The van der Waals surface area contributed by atoms with Crippen molar-refractivity contribution in [2.24, 2.45) is 5.73 Å². The van der Waals surface area contributed by atoms with Crippen LogP contribution in [-0.2, 0) is 4.79 Å². The summed E-state index contributed by atoms with van der Waals surface area (Å²) < 4.78 is 0. The second-order valence-electron chi connectivity index (χ2n) is 11.3. The van der Waals surface area contributed by atoms with Crippen LogP contribution in [0.25, 0.3) is 0 Å². The van der Waals surface area contributed by atoms with Gasteiger partial charge in [0.1, 0.15) is 12.1 Å². The maximum Gasteiger partial charge on any atom is 0.139 e. The number of allylic oxidation sites excluding steroid dienone is 7. The first-order valence-corrected chi connectivity index (χ1v) is 16.6. The van der Waals surface area contributed by atoms with E-state index in [2.05, 4.69) is 102 Å². The first kappa shape index (κ1) is 41.4. The summed E-state index contributed by atoms with van der Waals surface area (Å²) in [4.78, 5) is 28.0. The van der Waals surface area contributed by atoms with E-state index < -0.39 is 0 Å². The smallest absolute Gasteiger partial charge is 0.139 e. The van der Waals surface area contributed by atoms with Crippen molar-refractivity contribution in [3.63, 3.8) is 0 Å². The molecule has 45 heavy (non-hydrogen) atoms. The second-order valence-corrected chi connectivity index (χ2v) is 11.3. The molecule has 0 amide bonds. The van der Waals surface area contributed by atoms with Gasteiger partial charge in [-0.1, -0.05) is 44.6 Å². The second kappa shape index (κ2) is 25.7. The Kier molecular flexibility index (Phi) is 23.7. The van der Waals surface area contributed by atoms with E-state index in [1.807, 2.05) is 20.8 Å². The molecule has 0 atom stereocenters. The Hall–Kier alpha value is -3.59. The number of aromatic nitrogens is 3. The van der Waals surface area contributed by atoms with Crippen LogP contribution in [0.4, 0.5) is 5.82 Å². The Morgan fingerprint density at radius 2 is 1.76 bits per heavy atom. The summed E-state index contributed by atoms with van der Waals surface area (Å²) in [6.07, 6.45) is 19.7. The van der Waals surface area contributed by atoms with Crippen LogP contribution < -0.4 is 11.1 Å². The average Bonchev–Trinajstić information content (AvgIpc) is 3.16. The van der Waals surface area contributed by atoms with Gasteiger partial charge in [-0.2, -0.15) is 0 Å². The third kappa shape index (κ3) is 18.1. The molecule has 0 radical (unpaired) electrons. The molecular formula is C36H64N8O. The van der Waals surface area contributed by atoms with Crippen molar-refractivity contribution >= 4 is 12.1 Å². The van der Waals surface area contributed by atoms with Gasteiger partial charge in [-0.05, 0) is 73.4 Å². The highest BCUT2D eigenvalue weighted by Crippen LogP contribution is 2.25. The summed E-state index contributed by atoms with van der Waals surface area (Å²) in [6, 6.07) is 0.635. The van der Waals surface area contributed by atoms with Gasteiger partial charge in [-0.15, -0.1) is 0 Å². The summed E-state index contributed by atoms with van der Waals surface area (Å²) in [5, 5.41) is 2.83. The Morgan fingerprint density at radius 3 is 2.33 bits per heavy atom. The van der Waals surface area contributed by atoms with E-state index in [1.54, 1.807) is 31.0 Å². The zero-order valence-corrected chi connectivity index (χ0v) is 30.1. The summed E-state index contributed by atoms with van der Waals surface area (Å²) in [6.45, 7) is 25.4. The van der Waals surface area contributed by atoms with E-state index in [4.69, 9.17) is 5.73 Å². The normalized spacial score (nSPS) is 15.4. The number of H-pyrrole nitrogens is 1. The lowest BCUT2D eigenvalue weighted by Crippen LogP contribution is -2.44. The van der Waals surface area contributed by atoms with Crippen molar-refractivity contribution in [1.82, 2.24) is 29.7 Å². The fourth-order valence-corrected chi connectivity index (χ4v) is 4.94. The highest BCUT2D eigenvalue weighted by Gasteiger charge is 2.18. The number of rotatable bonds is 9. The van der Waals surface area contributed by atoms with Crippen LogP contribution in [0, 0.1) is 0 Å². The number of aromatic amines is 1. The highest BCUT2D eigenvalue weighted by molar-refractivity contribution is 5.57. The predicted octanol–water partition coefficient (Wildman–Crippen LogP) is 7.08. The average molecular weight is 625 g/mol. The Bertz CT molecular complexity index is 1080. The quantitative estimate of drug-likeness (QED) is 0.198. The minimum atomic E-state index is 0.253. The van der Waals surface area contributed by atoms with Crippen molar-refractivity contribution in [3.8, 4) is 0 Å². The molecule has 1 aromatic heterocycles. The molecule has 3 heterocycles. The molecule has 1 fully saturated rings. The van der Waals surface area contributed by atoms with Crippen LogP contribution in [-0.4, -0.2) is 88.3 Å². The molecule has 0 bridgehead atoms. The molecule has 1 aromatic rings. The van der Waals surface area contributed by atoms with Gasteiger partial charge in [0.2, 0.25) is 0 Å². The maximum absolute atomic E-state index is 10.1. The number of hydrogen-bond acceptors (Lipinski definition) is 8. The number of nitrogens with two attached hydrogens (primary N) is 1. The number of carbonyl (C=O) groups excluding carboxylic acids is 1. The first-order chi connectivity index (χ1) is 21.6. The van der Waals surface area contributed by atoms with Gasteiger partial charge >= 0.3 is 0 Å². The van der Waals surface area contributed by atoms with Crippen molar-refractivity contribution in [1.29, 1.82) is 0 Å². The third-order valence-corrected chi connectivity index (χ3v) is 7.21. The molecule has 2 aliphatic heterocycles. The largest absolute Gasteiger partial charge is 0.400 e. The number of likely N-dealkylation sites (N-methyl/N-ethyl adjacent to an activating group) is 1. The Balaban J connectivity index is 0.000000630. The van der Waals surface area contributed by atoms with Gasteiger partial charge in [0.25, 0.3) is 0 Å². The van der Waals surface area contributed by atoms with E-state index in [-0.39, 0.29) is 6.54 Å². The van der Waals surface area contributed by atoms with E-state index in [1.165, 1.54) is 41.9 Å². The van der Waals surface area contributed by atoms with Crippen LogP contribution in [0.5, 0.6) is 0 Å². The topological polar surface area (TPSA) is 106 Å².